The lowest BCUT2D eigenvalue weighted by Gasteiger charge is -2.26. The number of benzene rings is 1. The number of methoxy groups -OCH3 is 1. The first-order valence-electron chi connectivity index (χ1n) is 10.8. The molecule has 1 aliphatic heterocycles. The molecule has 1 N–H and O–H groups in total. The molecule has 10 heteroatoms. The molecule has 3 heterocycles. The Labute approximate surface area is 194 Å². The summed E-state index contributed by atoms with van der Waals surface area (Å²) in [4.78, 5) is 54.0. The van der Waals surface area contributed by atoms with Gasteiger partial charge in [-0.2, -0.15) is 0 Å². The lowest BCUT2D eigenvalue weighted by Crippen LogP contribution is -2.49. The van der Waals surface area contributed by atoms with Crippen molar-refractivity contribution in [1.29, 1.82) is 0 Å². The van der Waals surface area contributed by atoms with E-state index in [2.05, 4.69) is 5.32 Å². The van der Waals surface area contributed by atoms with Crippen molar-refractivity contribution in [2.24, 2.45) is 0 Å². The van der Waals surface area contributed by atoms with Crippen LogP contribution in [0.2, 0.25) is 0 Å². The van der Waals surface area contributed by atoms with Gasteiger partial charge in [-0.3, -0.25) is 23.5 Å². The van der Waals surface area contributed by atoms with Crippen molar-refractivity contribution in [3.63, 3.8) is 0 Å². The van der Waals surface area contributed by atoms with Gasteiger partial charge in [-0.25, -0.2) is 4.79 Å². The monoisotopic (exact) mass is 470 g/mol. The quantitative estimate of drug-likeness (QED) is 0.555. The Bertz CT molecular complexity index is 1310. The summed E-state index contributed by atoms with van der Waals surface area (Å²) in [5.74, 6) is -0.516. The van der Waals surface area contributed by atoms with Crippen LogP contribution in [0.5, 0.6) is 0 Å². The zero-order chi connectivity index (χ0) is 23.5. The molecular formula is C23H26N4O5S. The maximum atomic E-state index is 13.4. The minimum Gasteiger partial charge on any atom is -0.383 e. The summed E-state index contributed by atoms with van der Waals surface area (Å²) >= 11 is 1.13. The average molecular weight is 471 g/mol. The summed E-state index contributed by atoms with van der Waals surface area (Å²) in [7, 11) is 1.55. The first kappa shape index (κ1) is 22.9. The molecule has 0 radical (unpaired) electrons. The van der Waals surface area contributed by atoms with Crippen LogP contribution < -0.4 is 16.6 Å². The normalized spacial score (nSPS) is 14.0. The number of hydrogen-bond donors (Lipinski definition) is 1. The Hall–Kier alpha value is -3.24. The van der Waals surface area contributed by atoms with Gasteiger partial charge in [0.1, 0.15) is 4.83 Å². The molecule has 0 spiro atoms. The molecule has 1 aliphatic rings. The average Bonchev–Trinajstić information content (AvgIpc) is 3.16. The Balaban J connectivity index is 1.80. The first-order chi connectivity index (χ1) is 15.9. The number of hydrogen-bond acceptors (Lipinski definition) is 6. The van der Waals surface area contributed by atoms with Gasteiger partial charge in [0.15, 0.2) is 0 Å². The van der Waals surface area contributed by atoms with E-state index in [9.17, 15) is 19.2 Å². The van der Waals surface area contributed by atoms with Crippen LogP contribution in [-0.2, 0) is 29.0 Å². The molecule has 1 fully saturated rings. The molecular weight excluding hydrogens is 444 g/mol. The number of nitrogens with one attached hydrogen (secondary N) is 1. The van der Waals surface area contributed by atoms with Crippen LogP contribution in [-0.4, -0.2) is 59.2 Å². The number of amides is 2. The second-order valence-electron chi connectivity index (χ2n) is 7.93. The van der Waals surface area contributed by atoms with Gasteiger partial charge in [0.05, 0.1) is 30.0 Å². The number of fused-ring (bicyclic) bond motifs is 1. The summed E-state index contributed by atoms with van der Waals surface area (Å²) in [5, 5.41) is 3.07. The molecule has 3 aromatic rings. The topological polar surface area (TPSA) is 103 Å². The molecule has 0 bridgehead atoms. The maximum Gasteiger partial charge on any atom is 0.332 e. The molecule has 33 heavy (non-hydrogen) atoms. The van der Waals surface area contributed by atoms with Gasteiger partial charge >= 0.3 is 5.69 Å². The predicted molar refractivity (Wildman–Crippen MR) is 126 cm³/mol. The lowest BCUT2D eigenvalue weighted by atomic mass is 10.1. The number of carbonyl (C=O) groups excluding carboxylic acids is 2. The van der Waals surface area contributed by atoms with Crippen molar-refractivity contribution >= 4 is 33.4 Å². The van der Waals surface area contributed by atoms with E-state index in [-0.39, 0.29) is 31.4 Å². The van der Waals surface area contributed by atoms with Crippen molar-refractivity contribution < 1.29 is 14.3 Å². The molecule has 4 rings (SSSR count). The van der Waals surface area contributed by atoms with Gasteiger partial charge in [-0.15, -0.1) is 11.3 Å². The van der Waals surface area contributed by atoms with E-state index in [4.69, 9.17) is 4.74 Å². The number of carbonyl (C=O) groups is 2. The molecule has 9 nitrogen and oxygen atoms in total. The Kier molecular flexibility index (Phi) is 6.75. The fraction of sp³-hybridized carbons (Fsp3) is 0.391. The van der Waals surface area contributed by atoms with Crippen LogP contribution in [0.25, 0.3) is 10.2 Å². The second kappa shape index (κ2) is 9.72. The summed E-state index contributed by atoms with van der Waals surface area (Å²) in [5.41, 5.74) is 0.742. The highest BCUT2D eigenvalue weighted by molar-refractivity contribution is 7.20. The Morgan fingerprint density at radius 2 is 1.88 bits per heavy atom. The van der Waals surface area contributed by atoms with Gasteiger partial charge in [0.2, 0.25) is 5.91 Å². The van der Waals surface area contributed by atoms with Crippen molar-refractivity contribution in [2.45, 2.75) is 26.4 Å². The SMILES string of the molecule is COCCn1c(=O)n(CCc2ccccc2)c(=O)c2c(C)c(C(=O)N3CCNC(=O)C3)sc21. The number of aromatic nitrogens is 2. The lowest BCUT2D eigenvalue weighted by molar-refractivity contribution is -0.123. The van der Waals surface area contributed by atoms with E-state index in [1.807, 2.05) is 30.3 Å². The van der Waals surface area contributed by atoms with Gasteiger partial charge in [0.25, 0.3) is 11.5 Å². The van der Waals surface area contributed by atoms with Crippen LogP contribution in [0.1, 0.15) is 20.8 Å². The number of thiophene rings is 1. The highest BCUT2D eigenvalue weighted by Crippen LogP contribution is 2.29. The molecule has 1 aromatic carbocycles. The number of ether oxygens (including phenoxy) is 1. The number of piperazine rings is 1. The first-order valence-corrected chi connectivity index (χ1v) is 11.6. The van der Waals surface area contributed by atoms with E-state index in [0.717, 1.165) is 16.9 Å². The number of rotatable bonds is 7. The minimum absolute atomic E-state index is 0.0235. The summed E-state index contributed by atoms with van der Waals surface area (Å²) in [6, 6.07) is 9.65. The van der Waals surface area contributed by atoms with Crippen LogP contribution in [0.15, 0.2) is 39.9 Å². The standard InChI is InChI=1S/C23H26N4O5S/c1-15-18-20(29)26(10-8-16-6-4-3-5-7-16)23(31)27(12-13-32-2)22(18)33-19(15)21(30)25-11-9-24-17(28)14-25/h3-7H,8-14H2,1-2H3,(H,24,28). The molecule has 0 atom stereocenters. The van der Waals surface area contributed by atoms with Crippen molar-refractivity contribution in [3.8, 4) is 0 Å². The highest BCUT2D eigenvalue weighted by atomic mass is 32.1. The van der Waals surface area contributed by atoms with Crippen LogP contribution in [0.4, 0.5) is 0 Å². The summed E-state index contributed by atoms with van der Waals surface area (Å²) < 4.78 is 7.94. The van der Waals surface area contributed by atoms with E-state index < -0.39 is 11.2 Å². The molecule has 174 valence electrons. The van der Waals surface area contributed by atoms with Gasteiger partial charge in [-0.05, 0) is 24.5 Å². The van der Waals surface area contributed by atoms with E-state index in [1.54, 1.807) is 14.0 Å². The van der Waals surface area contributed by atoms with Gasteiger partial charge in [-0.1, -0.05) is 30.3 Å². The maximum absolute atomic E-state index is 13.4. The van der Waals surface area contributed by atoms with Crippen molar-refractivity contribution in [2.75, 3.05) is 33.4 Å². The van der Waals surface area contributed by atoms with Crippen LogP contribution >= 0.6 is 11.3 Å². The van der Waals surface area contributed by atoms with Crippen LogP contribution in [0, 0.1) is 6.92 Å². The van der Waals surface area contributed by atoms with Crippen LogP contribution in [0.3, 0.4) is 0 Å². The fourth-order valence-corrected chi connectivity index (χ4v) is 5.30. The zero-order valence-corrected chi connectivity index (χ0v) is 19.4. The number of nitrogens with zero attached hydrogens (tertiary/aromatic N) is 3. The second-order valence-corrected chi connectivity index (χ2v) is 8.93. The largest absolute Gasteiger partial charge is 0.383 e. The van der Waals surface area contributed by atoms with Crippen molar-refractivity contribution in [3.05, 3.63) is 67.2 Å². The predicted octanol–water partition coefficient (Wildman–Crippen LogP) is 0.994. The van der Waals surface area contributed by atoms with Crippen molar-refractivity contribution in [1.82, 2.24) is 19.4 Å². The molecule has 0 unspecified atom stereocenters. The Morgan fingerprint density at radius 3 is 2.58 bits per heavy atom. The van der Waals surface area contributed by atoms with E-state index >= 15 is 0 Å². The summed E-state index contributed by atoms with van der Waals surface area (Å²) in [6.07, 6.45) is 0.531. The van der Waals surface area contributed by atoms with Gasteiger partial charge in [0, 0.05) is 26.7 Å². The number of aryl methyl sites for hydroxylation is 2. The molecule has 1 saturated heterocycles. The summed E-state index contributed by atoms with van der Waals surface area (Å²) in [6.45, 7) is 3.27. The highest BCUT2D eigenvalue weighted by Gasteiger charge is 2.28. The Morgan fingerprint density at radius 1 is 1.12 bits per heavy atom. The molecule has 2 aromatic heterocycles. The molecule has 0 aliphatic carbocycles. The molecule has 0 saturated carbocycles. The zero-order valence-electron chi connectivity index (χ0n) is 18.6. The third-order valence-corrected chi connectivity index (χ3v) is 7.10. The van der Waals surface area contributed by atoms with Gasteiger partial charge < -0.3 is 15.0 Å². The third kappa shape index (κ3) is 4.49. The third-order valence-electron chi connectivity index (χ3n) is 5.80. The minimum atomic E-state index is -0.418. The van der Waals surface area contributed by atoms with E-state index in [0.29, 0.717) is 46.8 Å². The van der Waals surface area contributed by atoms with E-state index in [1.165, 1.54) is 14.0 Å². The fourth-order valence-electron chi connectivity index (χ4n) is 4.02. The smallest absolute Gasteiger partial charge is 0.332 e. The molecule has 2 amide bonds.